The van der Waals surface area contributed by atoms with E-state index in [1.807, 2.05) is 0 Å². The van der Waals surface area contributed by atoms with Crippen LogP contribution in [-0.4, -0.2) is 62.1 Å². The highest BCUT2D eigenvalue weighted by Crippen LogP contribution is 2.12. The first kappa shape index (κ1) is 27.1. The van der Waals surface area contributed by atoms with Gasteiger partial charge in [0.1, 0.15) is 0 Å². The van der Waals surface area contributed by atoms with Gasteiger partial charge >= 0.3 is 0 Å². The van der Waals surface area contributed by atoms with Crippen molar-refractivity contribution in [3.8, 4) is 0 Å². The van der Waals surface area contributed by atoms with Crippen LogP contribution in [0.1, 0.15) is 51.7 Å². The number of benzene rings is 1. The number of hydrogen-bond acceptors (Lipinski definition) is 3. The highest BCUT2D eigenvalue weighted by molar-refractivity contribution is 14.0. The highest BCUT2D eigenvalue weighted by Gasteiger charge is 2.08. The van der Waals surface area contributed by atoms with Gasteiger partial charge in [-0.2, -0.15) is 0 Å². The SMILES string of the molecule is CCNC(=NCc1ccccc1CN(C)C)NC(C)CCCN(CC)CC.I. The third kappa shape index (κ3) is 11.2. The fraction of sp³-hybridized carbons (Fsp3) is 0.682. The topological polar surface area (TPSA) is 42.9 Å². The van der Waals surface area contributed by atoms with Gasteiger partial charge in [-0.15, -0.1) is 24.0 Å². The molecule has 0 aliphatic rings. The number of nitrogens with zero attached hydrogens (tertiary/aromatic N) is 3. The highest BCUT2D eigenvalue weighted by atomic mass is 127. The van der Waals surface area contributed by atoms with Crippen molar-refractivity contribution in [2.45, 2.75) is 59.7 Å². The van der Waals surface area contributed by atoms with E-state index in [9.17, 15) is 0 Å². The summed E-state index contributed by atoms with van der Waals surface area (Å²) in [5.41, 5.74) is 2.63. The Morgan fingerprint density at radius 1 is 1.07 bits per heavy atom. The molecule has 0 amide bonds. The van der Waals surface area contributed by atoms with E-state index in [4.69, 9.17) is 4.99 Å². The molecule has 0 bridgehead atoms. The molecule has 0 saturated heterocycles. The van der Waals surface area contributed by atoms with Crippen molar-refractivity contribution in [3.63, 3.8) is 0 Å². The summed E-state index contributed by atoms with van der Waals surface area (Å²) in [4.78, 5) is 9.51. The number of rotatable bonds is 12. The minimum Gasteiger partial charge on any atom is -0.357 e. The molecule has 162 valence electrons. The summed E-state index contributed by atoms with van der Waals surface area (Å²) < 4.78 is 0. The smallest absolute Gasteiger partial charge is 0.191 e. The van der Waals surface area contributed by atoms with Crippen LogP contribution in [0.2, 0.25) is 0 Å². The standard InChI is InChI=1S/C22H41N5.HI/c1-7-23-22(25-19(4)13-12-16-27(8-2)9-3)24-17-20-14-10-11-15-21(20)18-26(5)6;/h10-11,14-15,19H,7-9,12-13,16-18H2,1-6H3,(H2,23,24,25);1H. The van der Waals surface area contributed by atoms with E-state index in [2.05, 4.69) is 86.5 Å². The Hall–Kier alpha value is -0.860. The van der Waals surface area contributed by atoms with Gasteiger partial charge in [-0.1, -0.05) is 38.1 Å². The van der Waals surface area contributed by atoms with Crippen LogP contribution in [0, 0.1) is 0 Å². The molecule has 2 N–H and O–H groups in total. The second-order valence-corrected chi connectivity index (χ2v) is 7.42. The third-order valence-electron chi connectivity index (χ3n) is 4.75. The van der Waals surface area contributed by atoms with Crippen LogP contribution in [0.4, 0.5) is 0 Å². The number of hydrogen-bond donors (Lipinski definition) is 2. The van der Waals surface area contributed by atoms with E-state index in [0.29, 0.717) is 12.6 Å². The van der Waals surface area contributed by atoms with Crippen LogP contribution in [-0.2, 0) is 13.1 Å². The first-order chi connectivity index (χ1) is 13.0. The molecule has 1 atom stereocenters. The van der Waals surface area contributed by atoms with Crippen molar-refractivity contribution in [2.24, 2.45) is 4.99 Å². The van der Waals surface area contributed by atoms with E-state index in [1.165, 1.54) is 24.1 Å². The zero-order valence-electron chi connectivity index (χ0n) is 18.8. The van der Waals surface area contributed by atoms with Gasteiger partial charge in [0.15, 0.2) is 5.96 Å². The maximum atomic E-state index is 4.83. The Balaban J connectivity index is 0.00000729. The summed E-state index contributed by atoms with van der Waals surface area (Å²) in [7, 11) is 4.21. The second kappa shape index (κ2) is 16.0. The van der Waals surface area contributed by atoms with Crippen LogP contribution in [0.5, 0.6) is 0 Å². The average Bonchev–Trinajstić information content (AvgIpc) is 2.64. The summed E-state index contributed by atoms with van der Waals surface area (Å²) in [5, 5.41) is 6.95. The van der Waals surface area contributed by atoms with Gasteiger partial charge in [-0.25, -0.2) is 4.99 Å². The van der Waals surface area contributed by atoms with Crippen LogP contribution in [0.15, 0.2) is 29.3 Å². The Morgan fingerprint density at radius 3 is 2.29 bits per heavy atom. The maximum absolute atomic E-state index is 4.83. The van der Waals surface area contributed by atoms with Crippen molar-refractivity contribution in [1.29, 1.82) is 0 Å². The van der Waals surface area contributed by atoms with Crippen LogP contribution in [0.25, 0.3) is 0 Å². The van der Waals surface area contributed by atoms with Gasteiger partial charge in [-0.05, 0) is 71.5 Å². The summed E-state index contributed by atoms with van der Waals surface area (Å²) >= 11 is 0. The molecule has 0 heterocycles. The minimum atomic E-state index is 0. The lowest BCUT2D eigenvalue weighted by Gasteiger charge is -2.21. The zero-order valence-corrected chi connectivity index (χ0v) is 21.1. The Morgan fingerprint density at radius 2 is 1.71 bits per heavy atom. The third-order valence-corrected chi connectivity index (χ3v) is 4.75. The molecule has 28 heavy (non-hydrogen) atoms. The zero-order chi connectivity index (χ0) is 20.1. The number of nitrogens with one attached hydrogen (secondary N) is 2. The average molecular weight is 504 g/mol. The molecule has 0 radical (unpaired) electrons. The summed E-state index contributed by atoms with van der Waals surface area (Å²) in [6, 6.07) is 8.99. The Labute approximate surface area is 190 Å². The predicted molar refractivity (Wildman–Crippen MR) is 134 cm³/mol. The molecule has 1 aromatic carbocycles. The Bertz CT molecular complexity index is 543. The van der Waals surface area contributed by atoms with Crippen LogP contribution < -0.4 is 10.6 Å². The molecule has 0 fully saturated rings. The minimum absolute atomic E-state index is 0. The number of guanidine groups is 1. The van der Waals surface area contributed by atoms with E-state index < -0.39 is 0 Å². The predicted octanol–water partition coefficient (Wildman–Crippen LogP) is 3.93. The summed E-state index contributed by atoms with van der Waals surface area (Å²) in [6.45, 7) is 14.8. The molecule has 0 saturated carbocycles. The summed E-state index contributed by atoms with van der Waals surface area (Å²) in [6.07, 6.45) is 2.36. The first-order valence-electron chi connectivity index (χ1n) is 10.5. The molecule has 1 rings (SSSR count). The van der Waals surface area contributed by atoms with Crippen LogP contribution >= 0.6 is 24.0 Å². The number of halogens is 1. The fourth-order valence-corrected chi connectivity index (χ4v) is 3.16. The van der Waals surface area contributed by atoms with E-state index in [0.717, 1.165) is 38.6 Å². The van der Waals surface area contributed by atoms with Gasteiger partial charge in [0.2, 0.25) is 0 Å². The molecular formula is C22H42IN5. The molecule has 0 spiro atoms. The van der Waals surface area contributed by atoms with Crippen molar-refractivity contribution >= 4 is 29.9 Å². The molecule has 0 aliphatic carbocycles. The lowest BCUT2D eigenvalue weighted by molar-refractivity contribution is 0.292. The molecular weight excluding hydrogens is 461 g/mol. The maximum Gasteiger partial charge on any atom is 0.191 e. The lowest BCUT2D eigenvalue weighted by atomic mass is 10.1. The van der Waals surface area contributed by atoms with Gasteiger partial charge in [0.05, 0.1) is 6.54 Å². The first-order valence-corrected chi connectivity index (χ1v) is 10.5. The fourth-order valence-electron chi connectivity index (χ4n) is 3.16. The molecule has 1 unspecified atom stereocenters. The monoisotopic (exact) mass is 503 g/mol. The van der Waals surface area contributed by atoms with Gasteiger partial charge in [0, 0.05) is 19.1 Å². The van der Waals surface area contributed by atoms with Gasteiger partial charge < -0.3 is 20.4 Å². The van der Waals surface area contributed by atoms with Gasteiger partial charge in [-0.3, -0.25) is 0 Å². The van der Waals surface area contributed by atoms with Crippen molar-refractivity contribution in [3.05, 3.63) is 35.4 Å². The molecule has 5 nitrogen and oxygen atoms in total. The quantitative estimate of drug-likeness (QED) is 0.258. The van der Waals surface area contributed by atoms with Crippen molar-refractivity contribution in [1.82, 2.24) is 20.4 Å². The molecule has 6 heteroatoms. The molecule has 0 aromatic heterocycles. The van der Waals surface area contributed by atoms with Crippen molar-refractivity contribution in [2.75, 3.05) is 40.3 Å². The largest absolute Gasteiger partial charge is 0.357 e. The van der Waals surface area contributed by atoms with E-state index in [-0.39, 0.29) is 24.0 Å². The molecule has 0 aliphatic heterocycles. The molecule has 1 aromatic rings. The van der Waals surface area contributed by atoms with E-state index >= 15 is 0 Å². The summed E-state index contributed by atoms with van der Waals surface area (Å²) in [5.74, 6) is 0.910. The van der Waals surface area contributed by atoms with E-state index in [1.54, 1.807) is 0 Å². The number of aliphatic imine (C=N–C) groups is 1. The second-order valence-electron chi connectivity index (χ2n) is 7.42. The van der Waals surface area contributed by atoms with Gasteiger partial charge in [0.25, 0.3) is 0 Å². The van der Waals surface area contributed by atoms with Crippen LogP contribution in [0.3, 0.4) is 0 Å². The lowest BCUT2D eigenvalue weighted by Crippen LogP contribution is -2.42. The Kier molecular flexibility index (Phi) is 15.5. The normalized spacial score (nSPS) is 12.8. The van der Waals surface area contributed by atoms with Crippen molar-refractivity contribution < 1.29 is 0 Å².